The highest BCUT2D eigenvalue weighted by molar-refractivity contribution is 7.87. The number of aromatic nitrogens is 2. The largest absolute Gasteiger partial charge is 0.379 e. The zero-order valence-corrected chi connectivity index (χ0v) is 20.3. The lowest BCUT2D eigenvalue weighted by Crippen LogP contribution is -2.37. The molecule has 5 nitrogen and oxygen atoms in total. The van der Waals surface area contributed by atoms with E-state index in [1.165, 1.54) is 73.7 Å². The van der Waals surface area contributed by atoms with Crippen molar-refractivity contribution in [2.75, 3.05) is 14.1 Å². The monoisotopic (exact) mass is 454 g/mol. The molecule has 0 aliphatic heterocycles. The van der Waals surface area contributed by atoms with Gasteiger partial charge >= 0.3 is 16.0 Å². The molecule has 7 heteroatoms. The van der Waals surface area contributed by atoms with Crippen LogP contribution in [0.2, 0.25) is 5.02 Å². The van der Waals surface area contributed by atoms with E-state index < -0.39 is 10.2 Å². The van der Waals surface area contributed by atoms with E-state index >= 15 is 0 Å². The average Bonchev–Trinajstić information content (AvgIpc) is 3.14. The van der Waals surface area contributed by atoms with Crippen molar-refractivity contribution in [3.63, 3.8) is 0 Å². The van der Waals surface area contributed by atoms with Crippen LogP contribution in [-0.4, -0.2) is 30.8 Å². The Morgan fingerprint density at radius 3 is 2.07 bits per heavy atom. The molecule has 168 valence electrons. The SMILES string of the molecule is CCCCCCCCCCCC[n+]1ccn(S(=O)(=O)N(C)C)c1-c1ccccc1Cl. The Morgan fingerprint density at radius 1 is 0.933 bits per heavy atom. The first-order valence-corrected chi connectivity index (χ1v) is 13.0. The van der Waals surface area contributed by atoms with Gasteiger partial charge in [-0.3, -0.25) is 0 Å². The van der Waals surface area contributed by atoms with Crippen LogP contribution in [0.3, 0.4) is 0 Å². The van der Waals surface area contributed by atoms with E-state index in [2.05, 4.69) is 6.92 Å². The Morgan fingerprint density at radius 2 is 1.50 bits per heavy atom. The number of hydrogen-bond acceptors (Lipinski definition) is 2. The van der Waals surface area contributed by atoms with Crippen LogP contribution in [0.15, 0.2) is 36.7 Å². The molecule has 2 rings (SSSR count). The van der Waals surface area contributed by atoms with E-state index in [1.54, 1.807) is 12.3 Å². The van der Waals surface area contributed by atoms with Crippen LogP contribution in [0.1, 0.15) is 71.1 Å². The van der Waals surface area contributed by atoms with Crippen molar-refractivity contribution in [2.24, 2.45) is 0 Å². The van der Waals surface area contributed by atoms with Crippen LogP contribution in [-0.2, 0) is 16.8 Å². The van der Waals surface area contributed by atoms with E-state index in [1.807, 2.05) is 29.0 Å². The van der Waals surface area contributed by atoms with Crippen LogP contribution in [0.4, 0.5) is 0 Å². The molecule has 0 saturated carbocycles. The van der Waals surface area contributed by atoms with Crippen LogP contribution < -0.4 is 4.57 Å². The minimum atomic E-state index is -3.63. The summed E-state index contributed by atoms with van der Waals surface area (Å²) in [6.45, 7) is 3.02. The van der Waals surface area contributed by atoms with Crippen molar-refractivity contribution in [3.8, 4) is 11.4 Å². The Balaban J connectivity index is 2.00. The van der Waals surface area contributed by atoms with Gasteiger partial charge in [0, 0.05) is 14.1 Å². The molecule has 2 aromatic rings. The first-order chi connectivity index (χ1) is 14.4. The third kappa shape index (κ3) is 6.82. The van der Waals surface area contributed by atoms with E-state index in [-0.39, 0.29) is 0 Å². The van der Waals surface area contributed by atoms with Crippen LogP contribution in [0, 0.1) is 0 Å². The number of halogens is 1. The van der Waals surface area contributed by atoms with E-state index in [0.717, 1.165) is 24.9 Å². The summed E-state index contributed by atoms with van der Waals surface area (Å²) in [6.07, 6.45) is 16.2. The highest BCUT2D eigenvalue weighted by atomic mass is 35.5. The van der Waals surface area contributed by atoms with Crippen molar-refractivity contribution in [1.82, 2.24) is 8.28 Å². The Labute approximate surface area is 187 Å². The second-order valence-corrected chi connectivity index (χ2v) is 10.5. The molecule has 0 amide bonds. The van der Waals surface area contributed by atoms with Gasteiger partial charge in [-0.25, -0.2) is 4.57 Å². The molecule has 0 aliphatic rings. The standard InChI is InChI=1S/C23H37ClN3O2S/c1-4-5-6-7-8-9-10-11-12-15-18-26-19-20-27(30(28,29)25(2)3)23(26)21-16-13-14-17-22(21)24/h13-14,16-17,19-20H,4-12,15,18H2,1-3H3/q+1. The molecule has 0 saturated heterocycles. The summed E-state index contributed by atoms with van der Waals surface area (Å²) in [5, 5.41) is 0.545. The lowest BCUT2D eigenvalue weighted by molar-refractivity contribution is -0.685. The predicted molar refractivity (Wildman–Crippen MR) is 125 cm³/mol. The summed E-state index contributed by atoms with van der Waals surface area (Å²) < 4.78 is 30.2. The van der Waals surface area contributed by atoms with Crippen LogP contribution in [0.25, 0.3) is 11.4 Å². The zero-order chi connectivity index (χ0) is 22.0. The fourth-order valence-corrected chi connectivity index (χ4v) is 4.84. The number of hydrogen-bond donors (Lipinski definition) is 0. The average molecular weight is 455 g/mol. The number of benzene rings is 1. The van der Waals surface area contributed by atoms with Crippen molar-refractivity contribution < 1.29 is 13.0 Å². The highest BCUT2D eigenvalue weighted by Gasteiger charge is 2.31. The van der Waals surface area contributed by atoms with Crippen LogP contribution in [0.5, 0.6) is 0 Å². The van der Waals surface area contributed by atoms with Crippen molar-refractivity contribution in [3.05, 3.63) is 41.7 Å². The normalized spacial score (nSPS) is 12.0. The zero-order valence-electron chi connectivity index (χ0n) is 18.7. The maximum atomic E-state index is 12.8. The molecule has 1 aromatic heterocycles. The number of unbranched alkanes of at least 4 members (excludes halogenated alkanes) is 9. The third-order valence-electron chi connectivity index (χ3n) is 5.44. The lowest BCUT2D eigenvalue weighted by Gasteiger charge is -2.11. The number of rotatable bonds is 14. The summed E-state index contributed by atoms with van der Waals surface area (Å²) >= 11 is 6.42. The van der Waals surface area contributed by atoms with Gasteiger partial charge in [-0.15, -0.1) is 3.97 Å². The first-order valence-electron chi connectivity index (χ1n) is 11.2. The summed E-state index contributed by atoms with van der Waals surface area (Å²) in [5.41, 5.74) is 0.724. The van der Waals surface area contributed by atoms with Gasteiger partial charge in [0.25, 0.3) is 0 Å². The maximum absolute atomic E-state index is 12.8. The van der Waals surface area contributed by atoms with Gasteiger partial charge < -0.3 is 0 Å². The molecule has 0 N–H and O–H groups in total. The van der Waals surface area contributed by atoms with Crippen molar-refractivity contribution in [2.45, 2.75) is 77.7 Å². The fraction of sp³-hybridized carbons (Fsp3) is 0.609. The molecule has 1 heterocycles. The number of aryl methyl sites for hydroxylation is 1. The third-order valence-corrected chi connectivity index (χ3v) is 7.48. The fourth-order valence-electron chi connectivity index (χ4n) is 3.64. The smallest absolute Gasteiger partial charge is 0.229 e. The molecule has 1 aromatic carbocycles. The lowest BCUT2D eigenvalue weighted by atomic mass is 10.1. The second kappa shape index (κ2) is 12.5. The predicted octanol–water partition coefficient (Wildman–Crippen LogP) is 5.67. The van der Waals surface area contributed by atoms with Gasteiger partial charge in [-0.1, -0.05) is 82.0 Å². The van der Waals surface area contributed by atoms with Gasteiger partial charge in [0.1, 0.15) is 12.4 Å². The molecule has 0 bridgehead atoms. The molecule has 0 unspecified atom stereocenters. The van der Waals surface area contributed by atoms with Gasteiger partial charge in [-0.05, 0) is 25.0 Å². The van der Waals surface area contributed by atoms with Gasteiger partial charge in [-0.2, -0.15) is 12.7 Å². The number of nitrogens with zero attached hydrogens (tertiary/aromatic N) is 3. The van der Waals surface area contributed by atoms with Crippen LogP contribution >= 0.6 is 11.6 Å². The number of imidazole rings is 1. The quantitative estimate of drug-likeness (QED) is 0.272. The summed E-state index contributed by atoms with van der Waals surface area (Å²) in [7, 11) is -0.554. The summed E-state index contributed by atoms with van der Waals surface area (Å²) in [4.78, 5) is 0. The van der Waals surface area contributed by atoms with Crippen molar-refractivity contribution >= 4 is 21.8 Å². The molecule has 0 atom stereocenters. The highest BCUT2D eigenvalue weighted by Crippen LogP contribution is 2.27. The minimum Gasteiger partial charge on any atom is -0.229 e. The molecule has 0 spiro atoms. The van der Waals surface area contributed by atoms with Crippen molar-refractivity contribution in [1.29, 1.82) is 0 Å². The minimum absolute atomic E-state index is 0.545. The maximum Gasteiger partial charge on any atom is 0.379 e. The Hall–Kier alpha value is -1.37. The molecule has 0 fully saturated rings. The summed E-state index contributed by atoms with van der Waals surface area (Å²) in [5.74, 6) is 0.602. The van der Waals surface area contributed by atoms with E-state index in [0.29, 0.717) is 10.8 Å². The molecule has 0 aliphatic carbocycles. The Kier molecular flexibility index (Phi) is 10.4. The molecular formula is C23H37ClN3O2S+. The second-order valence-electron chi connectivity index (χ2n) is 8.06. The first kappa shape index (κ1) is 24.9. The summed E-state index contributed by atoms with van der Waals surface area (Å²) in [6, 6.07) is 7.40. The Bertz CT molecular complexity index is 878. The molecular weight excluding hydrogens is 418 g/mol. The van der Waals surface area contributed by atoms with Gasteiger partial charge in [0.2, 0.25) is 0 Å². The van der Waals surface area contributed by atoms with Gasteiger partial charge in [0.15, 0.2) is 0 Å². The molecule has 30 heavy (non-hydrogen) atoms. The van der Waals surface area contributed by atoms with E-state index in [9.17, 15) is 8.42 Å². The van der Waals surface area contributed by atoms with E-state index in [4.69, 9.17) is 11.6 Å². The topological polar surface area (TPSA) is 46.2 Å². The molecule has 0 radical (unpaired) electrons. The van der Waals surface area contributed by atoms with Gasteiger partial charge in [0.05, 0.1) is 17.1 Å².